The summed E-state index contributed by atoms with van der Waals surface area (Å²) < 4.78 is 7.25. The molecule has 0 bridgehead atoms. The highest BCUT2D eigenvalue weighted by molar-refractivity contribution is 9.10. The van der Waals surface area contributed by atoms with Crippen LogP contribution in [0.5, 0.6) is 5.75 Å². The SMILES string of the molecule is CCC(C)NC(=O)C(C)N(Cc1cccc(Br)c1)C(=O)COc1ccc(Cl)cc1Br. The van der Waals surface area contributed by atoms with Crippen LogP contribution in [0.3, 0.4) is 0 Å². The van der Waals surface area contributed by atoms with Crippen LogP contribution >= 0.6 is 43.5 Å². The van der Waals surface area contributed by atoms with Crippen LogP contribution in [0.1, 0.15) is 32.8 Å². The molecule has 2 unspecified atom stereocenters. The van der Waals surface area contributed by atoms with Gasteiger partial charge in [-0.25, -0.2) is 0 Å². The minimum atomic E-state index is -0.650. The van der Waals surface area contributed by atoms with E-state index in [1.807, 2.05) is 38.1 Å². The zero-order valence-corrected chi connectivity index (χ0v) is 21.1. The molecule has 0 aliphatic heterocycles. The summed E-state index contributed by atoms with van der Waals surface area (Å²) in [4.78, 5) is 27.3. The lowest BCUT2D eigenvalue weighted by Gasteiger charge is -2.29. The number of halogens is 3. The Morgan fingerprint density at radius 1 is 1.17 bits per heavy atom. The molecule has 0 aliphatic carbocycles. The number of benzene rings is 2. The summed E-state index contributed by atoms with van der Waals surface area (Å²) in [7, 11) is 0. The van der Waals surface area contributed by atoms with Gasteiger partial charge >= 0.3 is 0 Å². The lowest BCUT2D eigenvalue weighted by atomic mass is 10.1. The first-order valence-corrected chi connectivity index (χ1v) is 11.6. The number of carbonyl (C=O) groups excluding carboxylic acids is 2. The van der Waals surface area contributed by atoms with Crippen LogP contribution in [-0.4, -0.2) is 35.4 Å². The molecule has 1 N–H and O–H groups in total. The summed E-state index contributed by atoms with van der Waals surface area (Å²) >= 11 is 12.8. The fraction of sp³-hybridized carbons (Fsp3) is 0.364. The quantitative estimate of drug-likeness (QED) is 0.436. The number of hydrogen-bond acceptors (Lipinski definition) is 3. The monoisotopic (exact) mass is 558 g/mol. The Morgan fingerprint density at radius 3 is 2.53 bits per heavy atom. The van der Waals surface area contributed by atoms with Gasteiger partial charge in [-0.15, -0.1) is 0 Å². The predicted octanol–water partition coefficient (Wildman–Crippen LogP) is 5.58. The van der Waals surface area contributed by atoms with Crippen molar-refractivity contribution in [1.29, 1.82) is 0 Å². The maximum atomic E-state index is 13.1. The molecule has 162 valence electrons. The lowest BCUT2D eigenvalue weighted by molar-refractivity contribution is -0.142. The van der Waals surface area contributed by atoms with Gasteiger partial charge in [0, 0.05) is 22.1 Å². The molecule has 0 heterocycles. The van der Waals surface area contributed by atoms with Crippen LogP contribution in [0.2, 0.25) is 5.02 Å². The van der Waals surface area contributed by atoms with Gasteiger partial charge in [0.15, 0.2) is 6.61 Å². The number of rotatable bonds is 9. The van der Waals surface area contributed by atoms with Crippen molar-refractivity contribution in [2.75, 3.05) is 6.61 Å². The van der Waals surface area contributed by atoms with Crippen molar-refractivity contribution >= 4 is 55.3 Å². The third kappa shape index (κ3) is 7.29. The first-order valence-electron chi connectivity index (χ1n) is 9.63. The van der Waals surface area contributed by atoms with Gasteiger partial charge in [-0.3, -0.25) is 9.59 Å². The Bertz CT molecular complexity index is 894. The van der Waals surface area contributed by atoms with Gasteiger partial charge in [0.25, 0.3) is 5.91 Å². The fourth-order valence-electron chi connectivity index (χ4n) is 2.69. The van der Waals surface area contributed by atoms with E-state index >= 15 is 0 Å². The molecule has 8 heteroatoms. The molecule has 30 heavy (non-hydrogen) atoms. The van der Waals surface area contributed by atoms with Crippen molar-refractivity contribution in [2.45, 2.75) is 45.8 Å². The zero-order chi connectivity index (χ0) is 22.3. The topological polar surface area (TPSA) is 58.6 Å². The standard InChI is InChI=1S/C22H25Br2ClN2O3/c1-4-14(2)26-22(29)15(3)27(12-16-6-5-7-17(23)10-16)21(28)13-30-20-9-8-18(25)11-19(20)24/h5-11,14-15H,4,12-13H2,1-3H3,(H,26,29). The first-order chi connectivity index (χ1) is 14.2. The van der Waals surface area contributed by atoms with Crippen LogP contribution < -0.4 is 10.1 Å². The predicted molar refractivity (Wildman–Crippen MR) is 127 cm³/mol. The molecule has 2 aromatic carbocycles. The molecule has 2 atom stereocenters. The van der Waals surface area contributed by atoms with Gasteiger partial charge in [-0.1, -0.05) is 46.6 Å². The Hall–Kier alpha value is -1.57. The molecular weight excluding hydrogens is 536 g/mol. The molecule has 0 saturated carbocycles. The van der Waals surface area contributed by atoms with Crippen molar-refractivity contribution in [3.05, 3.63) is 62.0 Å². The summed E-state index contributed by atoms with van der Waals surface area (Å²) in [6.07, 6.45) is 0.811. The molecule has 2 aromatic rings. The Morgan fingerprint density at radius 2 is 1.90 bits per heavy atom. The second-order valence-corrected chi connectivity index (χ2v) is 9.22. The van der Waals surface area contributed by atoms with E-state index in [0.717, 1.165) is 16.5 Å². The average molecular weight is 561 g/mol. The van der Waals surface area contributed by atoms with Gasteiger partial charge in [-0.05, 0) is 72.1 Å². The molecule has 0 fully saturated rings. The van der Waals surface area contributed by atoms with E-state index in [4.69, 9.17) is 16.3 Å². The van der Waals surface area contributed by atoms with E-state index in [0.29, 0.717) is 21.8 Å². The second-order valence-electron chi connectivity index (χ2n) is 7.01. The summed E-state index contributed by atoms with van der Waals surface area (Å²) in [5, 5.41) is 3.51. The molecule has 2 amide bonds. The highest BCUT2D eigenvalue weighted by Crippen LogP contribution is 2.28. The maximum absolute atomic E-state index is 13.1. The number of hydrogen-bond donors (Lipinski definition) is 1. The molecule has 0 aromatic heterocycles. The molecule has 0 radical (unpaired) electrons. The minimum absolute atomic E-state index is 0.0315. The van der Waals surface area contributed by atoms with Crippen molar-refractivity contribution in [3.63, 3.8) is 0 Å². The minimum Gasteiger partial charge on any atom is -0.483 e. The molecule has 0 saturated heterocycles. The van der Waals surface area contributed by atoms with E-state index in [-0.39, 0.29) is 24.5 Å². The molecule has 0 spiro atoms. The van der Waals surface area contributed by atoms with Crippen LogP contribution in [-0.2, 0) is 16.1 Å². The maximum Gasteiger partial charge on any atom is 0.261 e. The van der Waals surface area contributed by atoms with Gasteiger partial charge in [-0.2, -0.15) is 0 Å². The number of nitrogens with zero attached hydrogens (tertiary/aromatic N) is 1. The van der Waals surface area contributed by atoms with Gasteiger partial charge in [0.2, 0.25) is 5.91 Å². The number of amides is 2. The highest BCUT2D eigenvalue weighted by atomic mass is 79.9. The van der Waals surface area contributed by atoms with Gasteiger partial charge in [0.1, 0.15) is 11.8 Å². The zero-order valence-electron chi connectivity index (χ0n) is 17.1. The van der Waals surface area contributed by atoms with E-state index < -0.39 is 6.04 Å². The summed E-state index contributed by atoms with van der Waals surface area (Å²) in [5.41, 5.74) is 0.911. The number of ether oxygens (including phenoxy) is 1. The van der Waals surface area contributed by atoms with Crippen molar-refractivity contribution < 1.29 is 14.3 Å². The highest BCUT2D eigenvalue weighted by Gasteiger charge is 2.27. The van der Waals surface area contributed by atoms with Gasteiger partial charge < -0.3 is 15.0 Å². The third-order valence-electron chi connectivity index (χ3n) is 4.66. The molecular formula is C22H25Br2ClN2O3. The summed E-state index contributed by atoms with van der Waals surface area (Å²) in [5.74, 6) is 0.0239. The van der Waals surface area contributed by atoms with E-state index in [9.17, 15) is 9.59 Å². The van der Waals surface area contributed by atoms with Gasteiger partial charge in [0.05, 0.1) is 4.47 Å². The van der Waals surface area contributed by atoms with Crippen molar-refractivity contribution in [2.24, 2.45) is 0 Å². The Balaban J connectivity index is 2.18. The summed E-state index contributed by atoms with van der Waals surface area (Å²) in [6, 6.07) is 12.1. The van der Waals surface area contributed by atoms with Crippen molar-refractivity contribution in [3.8, 4) is 5.75 Å². The van der Waals surface area contributed by atoms with Crippen LogP contribution in [0.15, 0.2) is 51.4 Å². The fourth-order valence-corrected chi connectivity index (χ4v) is 3.94. The largest absolute Gasteiger partial charge is 0.483 e. The normalized spacial score (nSPS) is 12.7. The van der Waals surface area contributed by atoms with Crippen LogP contribution in [0.4, 0.5) is 0 Å². The lowest BCUT2D eigenvalue weighted by Crippen LogP contribution is -2.50. The van der Waals surface area contributed by atoms with Crippen LogP contribution in [0.25, 0.3) is 0 Å². The second kappa shape index (κ2) is 11.7. The van der Waals surface area contributed by atoms with E-state index in [2.05, 4.69) is 37.2 Å². The average Bonchev–Trinajstić information content (AvgIpc) is 2.70. The molecule has 2 rings (SSSR count). The molecule has 5 nitrogen and oxygen atoms in total. The van der Waals surface area contributed by atoms with E-state index in [1.165, 1.54) is 4.90 Å². The van der Waals surface area contributed by atoms with Crippen LogP contribution in [0, 0.1) is 0 Å². The Kier molecular flexibility index (Phi) is 9.65. The van der Waals surface area contributed by atoms with E-state index in [1.54, 1.807) is 25.1 Å². The summed E-state index contributed by atoms with van der Waals surface area (Å²) in [6.45, 7) is 5.75. The first kappa shape index (κ1) is 24.7. The molecule has 0 aliphatic rings. The number of nitrogens with one attached hydrogen (secondary N) is 1. The Labute approximate surface area is 199 Å². The number of carbonyl (C=O) groups is 2. The van der Waals surface area contributed by atoms with Crippen molar-refractivity contribution in [1.82, 2.24) is 10.2 Å². The smallest absolute Gasteiger partial charge is 0.261 e. The third-order valence-corrected chi connectivity index (χ3v) is 6.00.